The number of aliphatic imine (C=N–C) groups is 1. The second-order valence-corrected chi connectivity index (χ2v) is 4.06. The Kier molecular flexibility index (Phi) is 4.69. The molecule has 0 rings (SSSR count). The van der Waals surface area contributed by atoms with E-state index in [-0.39, 0.29) is 5.54 Å². The maximum atomic E-state index is 5.60. The normalized spacial score (nSPS) is 12.5. The minimum atomic E-state index is -0.182. The summed E-state index contributed by atoms with van der Waals surface area (Å²) in [6.07, 6.45) is 0. The van der Waals surface area contributed by atoms with Gasteiger partial charge < -0.3 is 16.4 Å². The van der Waals surface area contributed by atoms with E-state index in [0.29, 0.717) is 11.1 Å². The van der Waals surface area contributed by atoms with E-state index in [0.717, 1.165) is 6.54 Å². The smallest absolute Gasteiger partial charge is 0.195 e. The van der Waals surface area contributed by atoms with E-state index >= 15 is 0 Å². The van der Waals surface area contributed by atoms with Gasteiger partial charge in [-0.05, 0) is 39.9 Å². The fraction of sp³-hybridized carbons (Fsp3) is 0.750. The predicted molar refractivity (Wildman–Crippen MR) is 60.8 cm³/mol. The Morgan fingerprint density at radius 3 is 2.38 bits per heavy atom. The molecule has 0 aromatic carbocycles. The second kappa shape index (κ2) is 5.01. The maximum Gasteiger partial charge on any atom is 0.195 e. The molecule has 0 saturated carbocycles. The molecule has 0 heterocycles. The molecule has 0 fully saturated rings. The fourth-order valence-corrected chi connectivity index (χ4v) is 0.959. The van der Waals surface area contributed by atoms with Gasteiger partial charge >= 0.3 is 0 Å². The van der Waals surface area contributed by atoms with Crippen LogP contribution in [0.5, 0.6) is 0 Å². The van der Waals surface area contributed by atoms with E-state index in [9.17, 15) is 0 Å². The number of hydrogen-bond acceptors (Lipinski definition) is 2. The van der Waals surface area contributed by atoms with Crippen LogP contribution in [0.3, 0.4) is 0 Å². The lowest BCUT2D eigenvalue weighted by Gasteiger charge is -2.14. The topological polar surface area (TPSA) is 62.4 Å². The fourth-order valence-electron chi connectivity index (χ4n) is 0.710. The van der Waals surface area contributed by atoms with Crippen LogP contribution in [0, 0.1) is 0 Å². The Morgan fingerprint density at radius 1 is 1.46 bits per heavy atom. The molecule has 4 nitrogen and oxygen atoms in total. The molecule has 0 aliphatic rings. The molecule has 0 aromatic heterocycles. The first-order valence-electron chi connectivity index (χ1n) is 4.25. The number of guanidine groups is 1. The highest BCUT2D eigenvalue weighted by Gasteiger charge is 2.08. The van der Waals surface area contributed by atoms with Crippen LogP contribution in [0.4, 0.5) is 0 Å². The van der Waals surface area contributed by atoms with Crippen LogP contribution in [-0.2, 0) is 0 Å². The number of hydrogen-bond donors (Lipinski definition) is 3. The lowest BCUT2D eigenvalue weighted by Crippen LogP contribution is -2.44. The van der Waals surface area contributed by atoms with Crippen molar-refractivity contribution < 1.29 is 0 Å². The van der Waals surface area contributed by atoms with Gasteiger partial charge in [-0.25, -0.2) is 4.99 Å². The summed E-state index contributed by atoms with van der Waals surface area (Å²) in [5, 5.41) is 6.21. The molecular formula is C8H18N4S. The Labute approximate surface area is 85.0 Å². The lowest BCUT2D eigenvalue weighted by atomic mass is 10.1. The summed E-state index contributed by atoms with van der Waals surface area (Å²) in [4.78, 5) is 4.19. The van der Waals surface area contributed by atoms with E-state index in [1.807, 2.05) is 27.7 Å². The second-order valence-electron chi connectivity index (χ2n) is 3.65. The van der Waals surface area contributed by atoms with Crippen LogP contribution in [0.15, 0.2) is 4.99 Å². The van der Waals surface area contributed by atoms with Crippen molar-refractivity contribution in [3.05, 3.63) is 0 Å². The van der Waals surface area contributed by atoms with Gasteiger partial charge in [0, 0.05) is 6.54 Å². The summed E-state index contributed by atoms with van der Waals surface area (Å²) in [6, 6.07) is 0. The number of rotatable bonds is 1. The first kappa shape index (κ1) is 12.2. The van der Waals surface area contributed by atoms with Crippen LogP contribution in [0.1, 0.15) is 27.7 Å². The van der Waals surface area contributed by atoms with Crippen molar-refractivity contribution in [1.82, 2.24) is 10.6 Å². The molecule has 0 saturated heterocycles. The third-order valence-corrected chi connectivity index (χ3v) is 1.28. The SMILES string of the molecule is CCNC(=S)NC(N)=NC(C)(C)C. The largest absolute Gasteiger partial charge is 0.370 e. The van der Waals surface area contributed by atoms with Crippen molar-refractivity contribution in [1.29, 1.82) is 0 Å². The molecule has 0 amide bonds. The molecule has 0 aliphatic carbocycles. The molecule has 0 aromatic rings. The van der Waals surface area contributed by atoms with Gasteiger partial charge in [0.1, 0.15) is 0 Å². The van der Waals surface area contributed by atoms with E-state index in [4.69, 9.17) is 18.0 Å². The number of nitrogens with one attached hydrogen (secondary N) is 2. The molecule has 0 radical (unpaired) electrons. The van der Waals surface area contributed by atoms with E-state index in [2.05, 4.69) is 15.6 Å². The van der Waals surface area contributed by atoms with Gasteiger partial charge in [0.25, 0.3) is 0 Å². The van der Waals surface area contributed by atoms with E-state index in [1.54, 1.807) is 0 Å². The van der Waals surface area contributed by atoms with Crippen molar-refractivity contribution in [3.63, 3.8) is 0 Å². The van der Waals surface area contributed by atoms with Crippen molar-refractivity contribution in [2.45, 2.75) is 33.2 Å². The standard InChI is InChI=1S/C8H18N4S/c1-5-10-7(13)11-6(9)12-8(2,3)4/h5H2,1-4H3,(H4,9,10,11,12,13). The molecule has 0 aliphatic heterocycles. The first-order chi connectivity index (χ1) is 5.85. The zero-order chi connectivity index (χ0) is 10.5. The highest BCUT2D eigenvalue weighted by molar-refractivity contribution is 7.80. The zero-order valence-electron chi connectivity index (χ0n) is 8.64. The Balaban J connectivity index is 4.07. The van der Waals surface area contributed by atoms with E-state index < -0.39 is 0 Å². The summed E-state index contributed by atoms with van der Waals surface area (Å²) < 4.78 is 0. The van der Waals surface area contributed by atoms with Gasteiger partial charge in [-0.1, -0.05) is 0 Å². The third-order valence-electron chi connectivity index (χ3n) is 1.03. The quantitative estimate of drug-likeness (QED) is 0.331. The Morgan fingerprint density at radius 2 is 2.00 bits per heavy atom. The van der Waals surface area contributed by atoms with Crippen LogP contribution in [-0.4, -0.2) is 23.2 Å². The van der Waals surface area contributed by atoms with Gasteiger partial charge in [0.2, 0.25) is 0 Å². The minimum Gasteiger partial charge on any atom is -0.370 e. The van der Waals surface area contributed by atoms with Gasteiger partial charge in [-0.3, -0.25) is 0 Å². The van der Waals surface area contributed by atoms with Crippen molar-refractivity contribution in [2.24, 2.45) is 10.7 Å². The molecule has 13 heavy (non-hydrogen) atoms. The van der Waals surface area contributed by atoms with Gasteiger partial charge in [0.05, 0.1) is 5.54 Å². The molecule has 4 N–H and O–H groups in total. The third kappa shape index (κ3) is 7.52. The highest BCUT2D eigenvalue weighted by atomic mass is 32.1. The van der Waals surface area contributed by atoms with Crippen molar-refractivity contribution in [3.8, 4) is 0 Å². The van der Waals surface area contributed by atoms with Gasteiger partial charge in [-0.15, -0.1) is 0 Å². The molecule has 0 bridgehead atoms. The first-order valence-corrected chi connectivity index (χ1v) is 4.66. The molecule has 5 heteroatoms. The predicted octanol–water partition coefficient (Wildman–Crippen LogP) is 0.584. The van der Waals surface area contributed by atoms with Crippen LogP contribution >= 0.6 is 12.2 Å². The molecule has 0 atom stereocenters. The molecule has 76 valence electrons. The lowest BCUT2D eigenvalue weighted by molar-refractivity contribution is 0.580. The molecule has 0 unspecified atom stereocenters. The van der Waals surface area contributed by atoms with Crippen LogP contribution in [0.25, 0.3) is 0 Å². The van der Waals surface area contributed by atoms with Crippen LogP contribution in [0.2, 0.25) is 0 Å². The summed E-state index contributed by atoms with van der Waals surface area (Å²) >= 11 is 4.94. The molecule has 0 spiro atoms. The average molecular weight is 202 g/mol. The monoisotopic (exact) mass is 202 g/mol. The number of nitrogens with two attached hydrogens (primary N) is 1. The average Bonchev–Trinajstić information content (AvgIpc) is 1.81. The van der Waals surface area contributed by atoms with E-state index in [1.165, 1.54) is 0 Å². The Bertz CT molecular complexity index is 205. The summed E-state index contributed by atoms with van der Waals surface area (Å²) in [5.74, 6) is 0.346. The molecular weight excluding hydrogens is 184 g/mol. The van der Waals surface area contributed by atoms with Crippen molar-refractivity contribution >= 4 is 23.3 Å². The minimum absolute atomic E-state index is 0.182. The maximum absolute atomic E-state index is 5.60. The number of nitrogens with zero attached hydrogens (tertiary/aromatic N) is 1. The van der Waals surface area contributed by atoms with Crippen molar-refractivity contribution in [2.75, 3.05) is 6.54 Å². The van der Waals surface area contributed by atoms with Gasteiger partial charge in [-0.2, -0.15) is 0 Å². The zero-order valence-corrected chi connectivity index (χ0v) is 9.46. The Hall–Kier alpha value is -0.840. The number of thiocarbonyl (C=S) groups is 1. The summed E-state index contributed by atoms with van der Waals surface area (Å²) in [6.45, 7) is 8.65. The summed E-state index contributed by atoms with van der Waals surface area (Å²) in [5.41, 5.74) is 5.42. The highest BCUT2D eigenvalue weighted by Crippen LogP contribution is 2.04. The van der Waals surface area contributed by atoms with Crippen LogP contribution < -0.4 is 16.4 Å². The van der Waals surface area contributed by atoms with Gasteiger partial charge in [0.15, 0.2) is 11.1 Å². The summed E-state index contributed by atoms with van der Waals surface area (Å²) in [7, 11) is 0.